The van der Waals surface area contributed by atoms with Crippen molar-refractivity contribution in [1.29, 1.82) is 0 Å². The maximum atomic E-state index is 13.3. The fourth-order valence-corrected chi connectivity index (χ4v) is 4.05. The van der Waals surface area contributed by atoms with Crippen molar-refractivity contribution in [2.24, 2.45) is 10.7 Å². The van der Waals surface area contributed by atoms with E-state index in [4.69, 9.17) is 10.5 Å². The number of aliphatic imine (C=N–C) groups is 1. The van der Waals surface area contributed by atoms with Crippen LogP contribution in [0.5, 0.6) is 5.75 Å². The molecule has 0 saturated carbocycles. The Morgan fingerprint density at radius 2 is 1.85 bits per heavy atom. The zero-order valence-electron chi connectivity index (χ0n) is 18.9. The van der Waals surface area contributed by atoms with Crippen LogP contribution in [0.1, 0.15) is 37.8 Å². The summed E-state index contributed by atoms with van der Waals surface area (Å²) in [5, 5.41) is 1.64. The summed E-state index contributed by atoms with van der Waals surface area (Å²) in [6.45, 7) is 5.83. The maximum Gasteiger partial charge on any atom is 0.318 e. The van der Waals surface area contributed by atoms with Crippen LogP contribution in [0.25, 0.3) is 6.08 Å². The van der Waals surface area contributed by atoms with Crippen molar-refractivity contribution >= 4 is 46.5 Å². The molecule has 8 nitrogen and oxygen atoms in total. The van der Waals surface area contributed by atoms with Crippen LogP contribution in [-0.2, 0) is 9.59 Å². The van der Waals surface area contributed by atoms with E-state index in [0.717, 1.165) is 17.3 Å². The van der Waals surface area contributed by atoms with Gasteiger partial charge < -0.3 is 10.5 Å². The Kier molecular flexibility index (Phi) is 7.55. The van der Waals surface area contributed by atoms with E-state index in [-0.39, 0.29) is 11.6 Å². The molecular formula is C24H26N4O4S. The molecule has 0 fully saturated rings. The minimum atomic E-state index is -0.938. The molecule has 0 aliphatic carbocycles. The monoisotopic (exact) mass is 466 g/mol. The molecule has 1 aliphatic rings. The SMILES string of the molecule is COc1cccc(N2C(=O)/C(=C\c3ccc(C(C)C)cc3)N=C2SC(C)C(=O)NC(N)=O)c1. The third kappa shape index (κ3) is 5.81. The van der Waals surface area contributed by atoms with Crippen LogP contribution in [0.15, 0.2) is 59.2 Å². The Hall–Kier alpha value is -3.59. The van der Waals surface area contributed by atoms with Gasteiger partial charge in [-0.1, -0.05) is 55.9 Å². The van der Waals surface area contributed by atoms with Gasteiger partial charge in [0.1, 0.15) is 11.4 Å². The Bertz CT molecular complexity index is 1130. The number of thioether (sulfide) groups is 1. The number of imide groups is 1. The smallest absolute Gasteiger partial charge is 0.318 e. The number of primary amides is 1. The Labute approximate surface area is 196 Å². The summed E-state index contributed by atoms with van der Waals surface area (Å²) in [5.41, 5.74) is 7.87. The molecular weight excluding hydrogens is 440 g/mol. The number of ether oxygens (including phenoxy) is 1. The number of nitrogens with zero attached hydrogens (tertiary/aromatic N) is 2. The number of hydrogen-bond donors (Lipinski definition) is 2. The molecule has 0 aromatic heterocycles. The zero-order valence-corrected chi connectivity index (χ0v) is 19.7. The molecule has 1 heterocycles. The van der Waals surface area contributed by atoms with Gasteiger partial charge in [0, 0.05) is 6.07 Å². The third-order valence-electron chi connectivity index (χ3n) is 4.95. The number of methoxy groups -OCH3 is 1. The predicted octanol–water partition coefficient (Wildman–Crippen LogP) is 3.88. The second-order valence-electron chi connectivity index (χ2n) is 7.70. The average Bonchev–Trinajstić information content (AvgIpc) is 3.08. The number of carbonyl (C=O) groups is 3. The number of anilines is 1. The van der Waals surface area contributed by atoms with Crippen molar-refractivity contribution in [2.45, 2.75) is 31.9 Å². The average molecular weight is 467 g/mol. The molecule has 0 bridgehead atoms. The quantitative estimate of drug-likeness (QED) is 0.627. The summed E-state index contributed by atoms with van der Waals surface area (Å²) in [7, 11) is 1.54. The molecule has 1 unspecified atom stereocenters. The summed E-state index contributed by atoms with van der Waals surface area (Å²) in [6, 6.07) is 14.0. The van der Waals surface area contributed by atoms with Crippen molar-refractivity contribution in [3.63, 3.8) is 0 Å². The normalized spacial score (nSPS) is 15.5. The fourth-order valence-electron chi connectivity index (χ4n) is 3.12. The number of rotatable bonds is 6. The Morgan fingerprint density at radius 3 is 2.45 bits per heavy atom. The van der Waals surface area contributed by atoms with Gasteiger partial charge in [0.15, 0.2) is 5.17 Å². The predicted molar refractivity (Wildman–Crippen MR) is 131 cm³/mol. The Morgan fingerprint density at radius 1 is 1.15 bits per heavy atom. The van der Waals surface area contributed by atoms with Crippen LogP contribution in [0.2, 0.25) is 0 Å². The molecule has 2 aromatic carbocycles. The second-order valence-corrected chi connectivity index (χ2v) is 9.01. The first-order chi connectivity index (χ1) is 15.7. The number of nitrogens with two attached hydrogens (primary N) is 1. The zero-order chi connectivity index (χ0) is 24.1. The van der Waals surface area contributed by atoms with E-state index >= 15 is 0 Å². The highest BCUT2D eigenvalue weighted by molar-refractivity contribution is 8.15. The van der Waals surface area contributed by atoms with Gasteiger partial charge in [0.05, 0.1) is 18.0 Å². The van der Waals surface area contributed by atoms with Crippen molar-refractivity contribution in [1.82, 2.24) is 5.32 Å². The van der Waals surface area contributed by atoms with Crippen molar-refractivity contribution in [2.75, 3.05) is 12.0 Å². The van der Waals surface area contributed by atoms with Gasteiger partial charge in [-0.15, -0.1) is 0 Å². The molecule has 172 valence electrons. The van der Waals surface area contributed by atoms with Crippen molar-refractivity contribution in [3.05, 3.63) is 65.4 Å². The van der Waals surface area contributed by atoms with Gasteiger partial charge >= 0.3 is 6.03 Å². The first kappa shape index (κ1) is 24.1. The van der Waals surface area contributed by atoms with Gasteiger partial charge in [-0.05, 0) is 42.2 Å². The lowest BCUT2D eigenvalue weighted by Gasteiger charge is -2.20. The van der Waals surface area contributed by atoms with Crippen LogP contribution in [0, 0.1) is 0 Å². The molecule has 3 rings (SSSR count). The van der Waals surface area contributed by atoms with E-state index in [0.29, 0.717) is 22.5 Å². The van der Waals surface area contributed by atoms with Gasteiger partial charge in [0.2, 0.25) is 5.91 Å². The lowest BCUT2D eigenvalue weighted by atomic mass is 10.0. The van der Waals surface area contributed by atoms with E-state index in [2.05, 4.69) is 24.2 Å². The number of urea groups is 1. The maximum absolute atomic E-state index is 13.3. The third-order valence-corrected chi connectivity index (χ3v) is 6.00. The summed E-state index contributed by atoms with van der Waals surface area (Å²) >= 11 is 1.05. The largest absolute Gasteiger partial charge is 0.497 e. The number of nitrogens with one attached hydrogen (secondary N) is 1. The second kappa shape index (κ2) is 10.4. The number of amides is 4. The molecule has 33 heavy (non-hydrogen) atoms. The van der Waals surface area contributed by atoms with E-state index in [1.54, 1.807) is 37.3 Å². The van der Waals surface area contributed by atoms with E-state index in [1.807, 2.05) is 24.3 Å². The van der Waals surface area contributed by atoms with Crippen molar-refractivity contribution < 1.29 is 19.1 Å². The molecule has 9 heteroatoms. The van der Waals surface area contributed by atoms with Gasteiger partial charge in [0.25, 0.3) is 5.91 Å². The molecule has 3 N–H and O–H groups in total. The number of amidine groups is 1. The topological polar surface area (TPSA) is 114 Å². The highest BCUT2D eigenvalue weighted by Gasteiger charge is 2.34. The van der Waals surface area contributed by atoms with Crippen LogP contribution in [-0.4, -0.2) is 35.4 Å². The first-order valence-corrected chi connectivity index (χ1v) is 11.2. The van der Waals surface area contributed by atoms with E-state index < -0.39 is 17.2 Å². The molecule has 1 aliphatic heterocycles. The highest BCUT2D eigenvalue weighted by Crippen LogP contribution is 2.33. The summed E-state index contributed by atoms with van der Waals surface area (Å²) < 4.78 is 5.29. The van der Waals surface area contributed by atoms with Crippen LogP contribution in [0.3, 0.4) is 0 Å². The number of hydrogen-bond acceptors (Lipinski definition) is 6. The molecule has 2 aromatic rings. The van der Waals surface area contributed by atoms with Gasteiger partial charge in [-0.3, -0.25) is 19.8 Å². The molecule has 0 saturated heterocycles. The van der Waals surface area contributed by atoms with Gasteiger partial charge in [-0.25, -0.2) is 9.79 Å². The highest BCUT2D eigenvalue weighted by atomic mass is 32.2. The minimum absolute atomic E-state index is 0.236. The van der Waals surface area contributed by atoms with Gasteiger partial charge in [-0.2, -0.15) is 0 Å². The van der Waals surface area contributed by atoms with Crippen molar-refractivity contribution in [3.8, 4) is 5.75 Å². The summed E-state index contributed by atoms with van der Waals surface area (Å²) in [6.07, 6.45) is 1.71. The summed E-state index contributed by atoms with van der Waals surface area (Å²) in [5.74, 6) is 0.0689. The molecule has 0 spiro atoms. The molecule has 0 radical (unpaired) electrons. The van der Waals surface area contributed by atoms with Crippen LogP contribution in [0.4, 0.5) is 10.5 Å². The summed E-state index contributed by atoms with van der Waals surface area (Å²) in [4.78, 5) is 42.5. The lowest BCUT2D eigenvalue weighted by molar-refractivity contribution is -0.119. The van der Waals surface area contributed by atoms with E-state index in [1.165, 1.54) is 17.6 Å². The molecule has 1 atom stereocenters. The first-order valence-electron chi connectivity index (χ1n) is 10.4. The lowest BCUT2D eigenvalue weighted by Crippen LogP contribution is -2.41. The minimum Gasteiger partial charge on any atom is -0.497 e. The fraction of sp³-hybridized carbons (Fsp3) is 0.250. The van der Waals surface area contributed by atoms with E-state index in [9.17, 15) is 14.4 Å². The van der Waals surface area contributed by atoms with Crippen LogP contribution >= 0.6 is 11.8 Å². The van der Waals surface area contributed by atoms with Crippen LogP contribution < -0.4 is 20.7 Å². The number of carbonyl (C=O) groups excluding carboxylic acids is 3. The standard InChI is InChI=1S/C24H26N4O4S/c1-14(2)17-10-8-16(9-11-17)12-20-22(30)28(18-6-5-7-19(13-18)32-4)24(26-20)33-15(3)21(29)27-23(25)31/h5-15H,1-4H3,(H3,25,27,29,31)/b20-12+. The molecule has 4 amide bonds. The Balaban J connectivity index is 1.96. The number of benzene rings is 2.